The van der Waals surface area contributed by atoms with Crippen molar-refractivity contribution >= 4 is 42.6 Å². The predicted molar refractivity (Wildman–Crippen MR) is 160 cm³/mol. The molecule has 1 aliphatic heterocycles. The molecule has 0 radical (unpaired) electrons. The van der Waals surface area contributed by atoms with E-state index in [1.54, 1.807) is 38.1 Å². The quantitative estimate of drug-likeness (QED) is 0.165. The topological polar surface area (TPSA) is 156 Å². The normalized spacial score (nSPS) is 19.2. The Morgan fingerprint density at radius 2 is 1.68 bits per heavy atom. The van der Waals surface area contributed by atoms with Gasteiger partial charge in [0.2, 0.25) is 0 Å². The van der Waals surface area contributed by atoms with Crippen molar-refractivity contribution < 1.29 is 39.8 Å². The monoisotopic (exact) mass is 665 g/mol. The lowest BCUT2D eigenvalue weighted by molar-refractivity contribution is -0.209. The Morgan fingerprint density at radius 1 is 1.02 bits per heavy atom. The summed E-state index contributed by atoms with van der Waals surface area (Å²) < 4.78 is 88.8. The van der Waals surface area contributed by atoms with Crippen molar-refractivity contribution in [3.05, 3.63) is 78.3 Å². The Kier molecular flexibility index (Phi) is 9.06. The fourth-order valence-electron chi connectivity index (χ4n) is 5.11. The number of ether oxygens (including phenoxy) is 3. The maximum absolute atomic E-state index is 14.4. The van der Waals surface area contributed by atoms with Crippen LogP contribution in [0.2, 0.25) is 5.02 Å². The van der Waals surface area contributed by atoms with Gasteiger partial charge in [-0.3, -0.25) is 8.74 Å². The Morgan fingerprint density at radius 3 is 2.27 bits per heavy atom. The summed E-state index contributed by atoms with van der Waals surface area (Å²) in [5.74, 6) is 0.400. The maximum atomic E-state index is 14.4. The molecule has 236 valence electrons. The number of hydrogen-bond acceptors (Lipinski definition) is 10. The van der Waals surface area contributed by atoms with Crippen LogP contribution in [0, 0.1) is 5.41 Å². The Bertz CT molecular complexity index is 1830. The van der Waals surface area contributed by atoms with Crippen molar-refractivity contribution in [3.63, 3.8) is 0 Å². The van der Waals surface area contributed by atoms with Gasteiger partial charge in [0.15, 0.2) is 11.9 Å². The molecule has 3 unspecified atom stereocenters. The summed E-state index contributed by atoms with van der Waals surface area (Å²) in [6.07, 6.45) is 2.29. The van der Waals surface area contributed by atoms with Crippen molar-refractivity contribution in [1.82, 2.24) is 14.8 Å². The number of hydrogen-bond donors (Lipinski definition) is 1. The summed E-state index contributed by atoms with van der Waals surface area (Å²) in [7, 11) is -9.37. The van der Waals surface area contributed by atoms with Crippen LogP contribution in [0.1, 0.15) is 27.2 Å². The summed E-state index contributed by atoms with van der Waals surface area (Å²) in [5.41, 5.74) is -2.97. The van der Waals surface area contributed by atoms with Gasteiger partial charge in [0.05, 0.1) is 24.7 Å². The van der Waals surface area contributed by atoms with Gasteiger partial charge in [-0.15, -0.1) is 0 Å². The molecule has 4 aromatic rings. The van der Waals surface area contributed by atoms with E-state index in [0.29, 0.717) is 23.8 Å². The molecule has 5 rings (SSSR count). The fourth-order valence-corrected chi connectivity index (χ4v) is 7.46. The van der Waals surface area contributed by atoms with E-state index in [4.69, 9.17) is 30.0 Å². The van der Waals surface area contributed by atoms with Gasteiger partial charge in [0.25, 0.3) is 20.2 Å². The van der Waals surface area contributed by atoms with E-state index >= 15 is 0 Å². The van der Waals surface area contributed by atoms with Crippen LogP contribution in [0.4, 0.5) is 0 Å². The Hall–Kier alpha value is -3.11. The molecule has 44 heavy (non-hydrogen) atoms. The van der Waals surface area contributed by atoms with Gasteiger partial charge in [-0.1, -0.05) is 56.6 Å². The average Bonchev–Trinajstić information content (AvgIpc) is 3.68. The van der Waals surface area contributed by atoms with Crippen LogP contribution in [-0.4, -0.2) is 67.4 Å². The lowest BCUT2D eigenvalue weighted by atomic mass is 9.74. The first-order valence-electron chi connectivity index (χ1n) is 13.7. The number of aromatic nitrogens is 3. The molecular weight excluding hydrogens is 634 g/mol. The molecule has 0 saturated carbocycles. The van der Waals surface area contributed by atoms with Crippen LogP contribution in [0.15, 0.2) is 83.1 Å². The van der Waals surface area contributed by atoms with Crippen LogP contribution in [-0.2, 0) is 40.4 Å². The van der Waals surface area contributed by atoms with Gasteiger partial charge in [-0.25, -0.2) is 9.67 Å². The number of rotatable bonds is 12. The van der Waals surface area contributed by atoms with E-state index in [9.17, 15) is 21.4 Å². The Labute approximate surface area is 260 Å². The van der Waals surface area contributed by atoms with E-state index in [2.05, 4.69) is 10.1 Å². The summed E-state index contributed by atoms with van der Waals surface area (Å²) in [5, 5.41) is 4.74. The lowest BCUT2D eigenvalue weighted by Crippen LogP contribution is -2.60. The highest BCUT2D eigenvalue weighted by atomic mass is 35.5. The van der Waals surface area contributed by atoms with Gasteiger partial charge in [0, 0.05) is 15.8 Å². The van der Waals surface area contributed by atoms with Crippen molar-refractivity contribution in [2.24, 2.45) is 5.41 Å². The average molecular weight is 666 g/mol. The largest absolute Gasteiger partial charge is 0.490 e. The Balaban J connectivity index is 1.66. The first kappa shape index (κ1) is 32.3. The van der Waals surface area contributed by atoms with Crippen molar-refractivity contribution in [2.75, 3.05) is 13.2 Å². The minimum atomic E-state index is -4.70. The first-order chi connectivity index (χ1) is 20.8. The molecule has 1 N–H and O–H groups in total. The molecule has 2 heterocycles. The van der Waals surface area contributed by atoms with Gasteiger partial charge in [0.1, 0.15) is 34.8 Å². The lowest BCUT2D eigenvalue weighted by Gasteiger charge is -2.46. The van der Waals surface area contributed by atoms with Crippen LogP contribution >= 0.6 is 11.6 Å². The molecule has 1 aromatic heterocycles. The smallest absolute Gasteiger partial charge is 0.298 e. The van der Waals surface area contributed by atoms with Crippen LogP contribution < -0.4 is 4.74 Å². The zero-order valence-electron chi connectivity index (χ0n) is 24.2. The van der Waals surface area contributed by atoms with E-state index in [-0.39, 0.29) is 34.9 Å². The van der Waals surface area contributed by atoms with E-state index in [1.807, 2.05) is 6.92 Å². The van der Waals surface area contributed by atoms with Gasteiger partial charge in [-0.2, -0.15) is 21.9 Å². The molecule has 1 fully saturated rings. The number of fused-ring (bicyclic) bond motifs is 1. The zero-order valence-corrected chi connectivity index (χ0v) is 26.5. The van der Waals surface area contributed by atoms with Crippen molar-refractivity contribution in [3.8, 4) is 5.75 Å². The summed E-state index contributed by atoms with van der Waals surface area (Å²) >= 11 is 6.06. The van der Waals surface area contributed by atoms with Crippen molar-refractivity contribution in [2.45, 2.75) is 61.5 Å². The molecule has 3 aromatic carbocycles. The molecule has 12 nitrogen and oxygen atoms in total. The third-order valence-electron chi connectivity index (χ3n) is 7.80. The summed E-state index contributed by atoms with van der Waals surface area (Å²) in [6.45, 7) is 5.30. The molecular formula is C29H32ClN3O9S2. The van der Waals surface area contributed by atoms with Crippen molar-refractivity contribution in [1.29, 1.82) is 0 Å². The maximum Gasteiger partial charge on any atom is 0.298 e. The second-order valence-electron chi connectivity index (χ2n) is 11.0. The molecule has 1 aliphatic rings. The molecule has 0 amide bonds. The van der Waals surface area contributed by atoms with Gasteiger partial charge < -0.3 is 14.2 Å². The third kappa shape index (κ3) is 6.47. The molecule has 0 spiro atoms. The van der Waals surface area contributed by atoms with E-state index in [0.717, 1.165) is 0 Å². The van der Waals surface area contributed by atoms with Crippen LogP contribution in [0.25, 0.3) is 10.8 Å². The minimum Gasteiger partial charge on any atom is -0.490 e. The first-order valence-corrected chi connectivity index (χ1v) is 16.9. The highest BCUT2D eigenvalue weighted by Crippen LogP contribution is 2.46. The molecule has 0 aliphatic carbocycles. The van der Waals surface area contributed by atoms with Crippen LogP contribution in [0.3, 0.4) is 0 Å². The fraction of sp³-hybridized carbons (Fsp3) is 0.379. The third-order valence-corrected chi connectivity index (χ3v) is 10.4. The van der Waals surface area contributed by atoms with Gasteiger partial charge >= 0.3 is 0 Å². The number of benzene rings is 3. The summed E-state index contributed by atoms with van der Waals surface area (Å²) in [4.78, 5) is 3.26. The summed E-state index contributed by atoms with van der Waals surface area (Å²) in [6, 6.07) is 14.6. The van der Waals surface area contributed by atoms with Crippen LogP contribution in [0.5, 0.6) is 5.75 Å². The SMILES string of the molecule is CCC1COC(C(C)(C)C(COc2ccc(Cl)cc2)(Cn2cncn2)OS(=O)(=O)c2cccc3c(S(=O)(=O)O)cccc23)O1. The second kappa shape index (κ2) is 12.4. The second-order valence-corrected chi connectivity index (χ2v) is 14.3. The molecule has 15 heteroatoms. The van der Waals surface area contributed by atoms with E-state index < -0.39 is 42.4 Å². The standard InChI is InChI=1S/C29H32ClN3O9S2/c1-4-21-15-39-27(41-21)28(2,3)29(16-33-19-31-18-32-33,17-40-22-13-11-20(30)12-14-22)42-44(37,38)26-10-6-7-23-24(26)8-5-9-25(23)43(34,35)36/h5-14,18-19,21,27H,4,15-17H2,1-3H3,(H,34,35,36). The molecule has 0 bridgehead atoms. The number of halogens is 1. The minimum absolute atomic E-state index is 0.00599. The van der Waals surface area contributed by atoms with Gasteiger partial charge in [-0.05, 0) is 42.8 Å². The number of nitrogens with zero attached hydrogens (tertiary/aromatic N) is 3. The van der Waals surface area contributed by atoms with E-state index in [1.165, 1.54) is 53.7 Å². The molecule has 1 saturated heterocycles. The highest BCUT2D eigenvalue weighted by Gasteiger charge is 2.58. The predicted octanol–water partition coefficient (Wildman–Crippen LogP) is 4.73. The zero-order chi connectivity index (χ0) is 31.8. The highest BCUT2D eigenvalue weighted by molar-refractivity contribution is 7.87. The molecule has 3 atom stereocenters.